The van der Waals surface area contributed by atoms with Crippen LogP contribution in [0.25, 0.3) is 0 Å². The van der Waals surface area contributed by atoms with Crippen LogP contribution in [-0.4, -0.2) is 35.3 Å². The quantitative estimate of drug-likeness (QED) is 0.445. The number of carbonyl (C=O) groups is 3. The molecule has 184 valence electrons. The van der Waals surface area contributed by atoms with Crippen molar-refractivity contribution >= 4 is 58.1 Å². The van der Waals surface area contributed by atoms with Crippen LogP contribution in [0.1, 0.15) is 48.5 Å². The summed E-state index contributed by atoms with van der Waals surface area (Å²) < 4.78 is 5.27. The summed E-state index contributed by atoms with van der Waals surface area (Å²) in [7, 11) is 0. The monoisotopic (exact) mass is 535 g/mol. The third-order valence-electron chi connectivity index (χ3n) is 6.41. The number of hydrogen-bond donors (Lipinski definition) is 2. The zero-order chi connectivity index (χ0) is 25.2. The zero-order valence-electron chi connectivity index (χ0n) is 19.0. The van der Waals surface area contributed by atoms with Gasteiger partial charge in [0.15, 0.2) is 5.78 Å². The first kappa shape index (κ1) is 25.5. The number of ether oxygens (including phenoxy) is 1. The smallest absolute Gasteiger partial charge is 0.328 e. The standard InChI is InChI=1S/C25H24Cl3N3O4/c1-2-35-24(34)18(31-21-20(28)22(32)25(21)9-3-4-10-25)11-14-5-7-15(8-6-14)30-23(33)19-16(26)12-29-13-17(19)27/h5-8,12-13,18,31H,2-4,9-11H2,1H3,(H,30,33). The van der Waals surface area contributed by atoms with Crippen molar-refractivity contribution < 1.29 is 19.1 Å². The molecule has 35 heavy (non-hydrogen) atoms. The highest BCUT2D eigenvalue weighted by Crippen LogP contribution is 2.54. The number of esters is 1. The number of halogens is 3. The van der Waals surface area contributed by atoms with Crippen LogP contribution in [0, 0.1) is 5.41 Å². The van der Waals surface area contributed by atoms with E-state index in [0.29, 0.717) is 17.8 Å². The van der Waals surface area contributed by atoms with Crippen LogP contribution in [0.4, 0.5) is 5.69 Å². The van der Waals surface area contributed by atoms with E-state index in [9.17, 15) is 14.4 Å². The Labute approximate surface area is 218 Å². The maximum Gasteiger partial charge on any atom is 0.328 e. The highest BCUT2D eigenvalue weighted by molar-refractivity contribution is 6.47. The van der Waals surface area contributed by atoms with Crippen molar-refractivity contribution in [3.63, 3.8) is 0 Å². The van der Waals surface area contributed by atoms with Gasteiger partial charge in [0, 0.05) is 30.2 Å². The third kappa shape index (κ3) is 5.03. The summed E-state index contributed by atoms with van der Waals surface area (Å²) in [5.41, 5.74) is 1.56. The Kier molecular flexibility index (Phi) is 7.69. The lowest BCUT2D eigenvalue weighted by atomic mass is 9.69. The molecule has 2 N–H and O–H groups in total. The summed E-state index contributed by atoms with van der Waals surface area (Å²) in [4.78, 5) is 41.7. The molecule has 1 saturated carbocycles. The SMILES string of the molecule is CCOC(=O)C(Cc1ccc(NC(=O)c2c(Cl)cncc2Cl)cc1)NC1=C(Cl)C(=O)C12CCCC2. The third-order valence-corrected chi connectivity index (χ3v) is 7.34. The summed E-state index contributed by atoms with van der Waals surface area (Å²) in [6, 6.07) is 6.32. The number of nitrogens with one attached hydrogen (secondary N) is 2. The van der Waals surface area contributed by atoms with E-state index in [-0.39, 0.29) is 33.0 Å². The van der Waals surface area contributed by atoms with Crippen LogP contribution in [-0.2, 0) is 20.7 Å². The first-order valence-corrected chi connectivity index (χ1v) is 12.5. The Hall–Kier alpha value is -2.61. The van der Waals surface area contributed by atoms with E-state index in [1.807, 2.05) is 0 Å². The fourth-order valence-corrected chi connectivity index (χ4v) is 5.59. The zero-order valence-corrected chi connectivity index (χ0v) is 21.3. The van der Waals surface area contributed by atoms with Crippen molar-refractivity contribution in [3.8, 4) is 0 Å². The molecule has 2 aromatic rings. The van der Waals surface area contributed by atoms with E-state index >= 15 is 0 Å². The molecular weight excluding hydrogens is 513 g/mol. The first-order chi connectivity index (χ1) is 16.8. The highest BCUT2D eigenvalue weighted by Gasteiger charge is 2.55. The summed E-state index contributed by atoms with van der Waals surface area (Å²) in [5, 5.41) is 6.45. The van der Waals surface area contributed by atoms with Gasteiger partial charge in [-0.15, -0.1) is 0 Å². The van der Waals surface area contributed by atoms with Gasteiger partial charge in [-0.25, -0.2) is 4.79 Å². The van der Waals surface area contributed by atoms with Crippen LogP contribution >= 0.6 is 34.8 Å². The van der Waals surface area contributed by atoms with Gasteiger partial charge in [0.05, 0.1) is 27.6 Å². The summed E-state index contributed by atoms with van der Waals surface area (Å²) in [6.45, 7) is 1.98. The summed E-state index contributed by atoms with van der Waals surface area (Å²) in [5.74, 6) is -0.924. The topological polar surface area (TPSA) is 97.4 Å². The molecule has 1 aromatic heterocycles. The lowest BCUT2D eigenvalue weighted by Crippen LogP contribution is -2.52. The lowest BCUT2D eigenvalue weighted by molar-refractivity contribution is -0.145. The predicted octanol–water partition coefficient (Wildman–Crippen LogP) is 5.30. The van der Waals surface area contributed by atoms with Crippen LogP contribution in [0.15, 0.2) is 47.4 Å². The Morgan fingerprint density at radius 2 is 1.71 bits per heavy atom. The fraction of sp³-hybridized carbons (Fsp3) is 0.360. The fourth-order valence-electron chi connectivity index (χ4n) is 4.63. The number of amides is 1. The van der Waals surface area contributed by atoms with E-state index in [4.69, 9.17) is 39.5 Å². The van der Waals surface area contributed by atoms with Crippen LogP contribution in [0.2, 0.25) is 10.0 Å². The van der Waals surface area contributed by atoms with E-state index in [0.717, 1.165) is 31.2 Å². The van der Waals surface area contributed by atoms with Gasteiger partial charge in [-0.05, 0) is 37.5 Å². The number of allylic oxidation sites excluding steroid dienone is 2. The molecule has 1 amide bonds. The van der Waals surface area contributed by atoms with Crippen molar-refractivity contribution in [2.75, 3.05) is 11.9 Å². The number of hydrogen-bond acceptors (Lipinski definition) is 6. The first-order valence-electron chi connectivity index (χ1n) is 11.3. The number of nitrogens with zero attached hydrogens (tertiary/aromatic N) is 1. The molecule has 1 atom stereocenters. The van der Waals surface area contributed by atoms with Gasteiger partial charge in [0.2, 0.25) is 0 Å². The number of pyridine rings is 1. The second kappa shape index (κ2) is 10.6. The molecule has 7 nitrogen and oxygen atoms in total. The molecule has 0 aliphatic heterocycles. The van der Waals surface area contributed by atoms with Crippen molar-refractivity contribution in [1.29, 1.82) is 0 Å². The molecule has 0 bridgehead atoms. The molecule has 1 fully saturated rings. The van der Waals surface area contributed by atoms with Crippen LogP contribution in [0.5, 0.6) is 0 Å². The number of benzene rings is 1. The second-order valence-corrected chi connectivity index (χ2v) is 9.78. The van der Waals surface area contributed by atoms with Crippen LogP contribution in [0.3, 0.4) is 0 Å². The van der Waals surface area contributed by atoms with E-state index in [1.54, 1.807) is 31.2 Å². The maximum atomic E-state index is 12.7. The molecule has 2 aliphatic carbocycles. The minimum atomic E-state index is -0.709. The number of aromatic nitrogens is 1. The Bertz CT molecular complexity index is 1170. The number of anilines is 1. The second-order valence-electron chi connectivity index (χ2n) is 8.59. The van der Waals surface area contributed by atoms with Crippen molar-refractivity contribution in [3.05, 3.63) is 68.6 Å². The van der Waals surface area contributed by atoms with Gasteiger partial charge in [-0.3, -0.25) is 14.6 Å². The maximum absolute atomic E-state index is 12.7. The van der Waals surface area contributed by atoms with Crippen molar-refractivity contribution in [2.45, 2.75) is 45.1 Å². The lowest BCUT2D eigenvalue weighted by Gasteiger charge is -2.41. The molecule has 0 radical (unpaired) electrons. The van der Waals surface area contributed by atoms with E-state index < -0.39 is 23.3 Å². The Morgan fingerprint density at radius 1 is 1.09 bits per heavy atom. The molecule has 4 rings (SSSR count). The minimum absolute atomic E-state index is 0.0451. The van der Waals surface area contributed by atoms with Gasteiger partial charge in [0.1, 0.15) is 11.1 Å². The molecule has 1 aromatic carbocycles. The van der Waals surface area contributed by atoms with Gasteiger partial charge in [-0.1, -0.05) is 59.8 Å². The molecule has 1 heterocycles. The molecule has 2 aliphatic rings. The van der Waals surface area contributed by atoms with Crippen LogP contribution < -0.4 is 10.6 Å². The van der Waals surface area contributed by atoms with Gasteiger partial charge in [-0.2, -0.15) is 0 Å². The Morgan fingerprint density at radius 3 is 2.31 bits per heavy atom. The van der Waals surface area contributed by atoms with E-state index in [1.165, 1.54) is 12.4 Å². The molecule has 0 saturated heterocycles. The van der Waals surface area contributed by atoms with E-state index in [2.05, 4.69) is 15.6 Å². The molecule has 10 heteroatoms. The highest BCUT2D eigenvalue weighted by atomic mass is 35.5. The normalized spacial score (nSPS) is 17.2. The van der Waals surface area contributed by atoms with Crippen molar-refractivity contribution in [1.82, 2.24) is 10.3 Å². The van der Waals surface area contributed by atoms with Gasteiger partial charge in [0.25, 0.3) is 5.91 Å². The Balaban J connectivity index is 1.48. The van der Waals surface area contributed by atoms with Crippen molar-refractivity contribution in [2.24, 2.45) is 5.41 Å². The summed E-state index contributed by atoms with van der Waals surface area (Å²) in [6.07, 6.45) is 6.39. The predicted molar refractivity (Wildman–Crippen MR) is 135 cm³/mol. The average molecular weight is 537 g/mol. The van der Waals surface area contributed by atoms with Gasteiger partial charge >= 0.3 is 5.97 Å². The number of carbonyl (C=O) groups excluding carboxylic acids is 3. The molecule has 1 unspecified atom stereocenters. The largest absolute Gasteiger partial charge is 0.464 e. The number of rotatable bonds is 8. The molecular formula is C25H24Cl3N3O4. The summed E-state index contributed by atoms with van der Waals surface area (Å²) >= 11 is 18.4. The molecule has 1 spiro atoms. The minimum Gasteiger partial charge on any atom is -0.464 e. The number of ketones is 1. The number of Topliss-reactive ketones (excluding diaryl/α,β-unsaturated/α-hetero) is 1. The van der Waals surface area contributed by atoms with Gasteiger partial charge < -0.3 is 15.4 Å². The average Bonchev–Trinajstić information content (AvgIpc) is 3.34.